The van der Waals surface area contributed by atoms with Crippen molar-refractivity contribution < 1.29 is 32.8 Å². The van der Waals surface area contributed by atoms with Crippen LogP contribution in [0.1, 0.15) is 22.3 Å². The lowest BCUT2D eigenvalue weighted by Crippen LogP contribution is -2.62. The van der Waals surface area contributed by atoms with E-state index in [0.29, 0.717) is 37.5 Å². The first kappa shape index (κ1) is 32.7. The van der Waals surface area contributed by atoms with Crippen molar-refractivity contribution in [1.29, 1.82) is 0 Å². The van der Waals surface area contributed by atoms with Crippen molar-refractivity contribution in [3.05, 3.63) is 168 Å². The van der Waals surface area contributed by atoms with Gasteiger partial charge in [0.2, 0.25) is 6.29 Å². The van der Waals surface area contributed by atoms with Gasteiger partial charge in [-0.2, -0.15) is 4.98 Å². The molecule has 49 heavy (non-hydrogen) atoms. The molecule has 7 rings (SSSR count). The Morgan fingerprint density at radius 1 is 0.490 bits per heavy atom. The molecule has 0 amide bonds. The summed E-state index contributed by atoms with van der Waals surface area (Å²) in [6.45, 7) is 1.60. The normalized spacial score (nSPS) is 20.7. The summed E-state index contributed by atoms with van der Waals surface area (Å²) in [4.78, 5) is 4.57. The highest BCUT2D eigenvalue weighted by molar-refractivity contribution is 5.72. The lowest BCUT2D eigenvalue weighted by Gasteiger charge is -2.45. The van der Waals surface area contributed by atoms with E-state index in [0.717, 1.165) is 22.3 Å². The molecular formula is C41H39NO7. The van der Waals surface area contributed by atoms with Gasteiger partial charge in [0.15, 0.2) is 5.58 Å². The topological polar surface area (TPSA) is 81.4 Å². The molecule has 1 fully saturated rings. The third-order valence-corrected chi connectivity index (χ3v) is 8.33. The van der Waals surface area contributed by atoms with Crippen molar-refractivity contribution >= 4 is 11.1 Å². The molecule has 0 unspecified atom stereocenters. The largest absolute Gasteiger partial charge is 0.417 e. The fourth-order valence-corrected chi connectivity index (χ4v) is 5.84. The molecule has 6 aromatic rings. The monoisotopic (exact) mass is 657 g/mol. The maximum absolute atomic E-state index is 6.78. The predicted octanol–water partition coefficient (Wildman–Crippen LogP) is 7.90. The SMILES string of the molecule is c1ccc(COC[C@H]2O[C@H](Oc3nc4ccccc4o3)[C@H](OCc3ccccc3)[C@@H](OCc3ccccc3)[C@@H]2OCc2ccccc2)cc1. The summed E-state index contributed by atoms with van der Waals surface area (Å²) in [6, 6.07) is 47.6. The lowest BCUT2D eigenvalue weighted by atomic mass is 9.97. The summed E-state index contributed by atoms with van der Waals surface area (Å²) < 4.78 is 45.5. The summed E-state index contributed by atoms with van der Waals surface area (Å²) >= 11 is 0. The van der Waals surface area contributed by atoms with Crippen molar-refractivity contribution in [2.24, 2.45) is 0 Å². The Bertz CT molecular complexity index is 1800. The van der Waals surface area contributed by atoms with Gasteiger partial charge < -0.3 is 32.8 Å². The van der Waals surface area contributed by atoms with Crippen LogP contribution >= 0.6 is 0 Å². The van der Waals surface area contributed by atoms with Gasteiger partial charge in [0.1, 0.15) is 29.9 Å². The molecule has 250 valence electrons. The van der Waals surface area contributed by atoms with Gasteiger partial charge in [-0.15, -0.1) is 0 Å². The second-order valence-corrected chi connectivity index (χ2v) is 11.9. The van der Waals surface area contributed by atoms with Crippen LogP contribution in [0.25, 0.3) is 11.1 Å². The summed E-state index contributed by atoms with van der Waals surface area (Å²) in [5, 5.41) is 0. The van der Waals surface area contributed by atoms with Crippen LogP contribution in [-0.4, -0.2) is 42.3 Å². The van der Waals surface area contributed by atoms with E-state index in [4.69, 9.17) is 32.8 Å². The Morgan fingerprint density at radius 2 is 0.959 bits per heavy atom. The van der Waals surface area contributed by atoms with Gasteiger partial charge in [-0.05, 0) is 34.4 Å². The van der Waals surface area contributed by atoms with E-state index in [1.165, 1.54) is 0 Å². The second-order valence-electron chi connectivity index (χ2n) is 11.9. The molecule has 0 radical (unpaired) electrons. The van der Waals surface area contributed by atoms with Crippen molar-refractivity contribution in [2.75, 3.05) is 6.61 Å². The van der Waals surface area contributed by atoms with Crippen molar-refractivity contribution in [3.8, 4) is 6.08 Å². The van der Waals surface area contributed by atoms with Crippen molar-refractivity contribution in [2.45, 2.75) is 57.1 Å². The Balaban J connectivity index is 1.21. The minimum absolute atomic E-state index is 0.0777. The number of rotatable bonds is 15. The second kappa shape index (κ2) is 16.5. The van der Waals surface area contributed by atoms with Crippen LogP contribution in [0.4, 0.5) is 0 Å². The zero-order chi connectivity index (χ0) is 33.1. The van der Waals surface area contributed by atoms with E-state index in [1.54, 1.807) is 0 Å². The van der Waals surface area contributed by atoms with Crippen LogP contribution in [0.2, 0.25) is 0 Å². The zero-order valence-electron chi connectivity index (χ0n) is 27.1. The number of hydrogen-bond acceptors (Lipinski definition) is 8. The summed E-state index contributed by atoms with van der Waals surface area (Å²) in [6.07, 6.45) is -3.40. The first-order valence-corrected chi connectivity index (χ1v) is 16.5. The molecule has 1 aromatic heterocycles. The highest BCUT2D eigenvalue weighted by atomic mass is 16.8. The standard InChI is InChI=1S/C41H39NO7/c1-5-15-30(16-6-1)25-43-29-36-37(44-26-31-17-7-2-8-18-31)38(45-27-32-19-9-3-10-20-32)39(46-28-33-21-11-4-12-22-33)40(47-36)49-41-42-34-23-13-14-24-35(34)48-41/h1-24,36-40H,25-29H2/t36-,37-,38+,39-,40-/m1/s1. The number of fused-ring (bicyclic) bond motifs is 1. The Hall–Kier alpha value is -4.83. The van der Waals surface area contributed by atoms with Crippen LogP contribution in [0.15, 0.2) is 150 Å². The number of nitrogens with zero attached hydrogens (tertiary/aromatic N) is 1. The number of benzene rings is 5. The van der Waals surface area contributed by atoms with E-state index in [9.17, 15) is 0 Å². The van der Waals surface area contributed by atoms with Crippen molar-refractivity contribution in [3.63, 3.8) is 0 Å². The van der Waals surface area contributed by atoms with Gasteiger partial charge in [0.05, 0.1) is 33.0 Å². The Kier molecular flexibility index (Phi) is 11.0. The van der Waals surface area contributed by atoms with E-state index in [1.807, 2.05) is 146 Å². The molecule has 2 heterocycles. The van der Waals surface area contributed by atoms with Gasteiger partial charge in [0, 0.05) is 0 Å². The van der Waals surface area contributed by atoms with Crippen LogP contribution < -0.4 is 4.74 Å². The smallest absolute Gasteiger partial charge is 0.397 e. The van der Waals surface area contributed by atoms with Gasteiger partial charge in [-0.1, -0.05) is 133 Å². The van der Waals surface area contributed by atoms with E-state index in [2.05, 4.69) is 4.98 Å². The van der Waals surface area contributed by atoms with Crippen LogP contribution in [0, 0.1) is 0 Å². The third-order valence-electron chi connectivity index (χ3n) is 8.33. The highest BCUT2D eigenvalue weighted by Crippen LogP contribution is 2.33. The molecule has 5 atom stereocenters. The molecule has 1 aliphatic rings. The van der Waals surface area contributed by atoms with E-state index >= 15 is 0 Å². The number of para-hydroxylation sites is 2. The fourth-order valence-electron chi connectivity index (χ4n) is 5.84. The van der Waals surface area contributed by atoms with Crippen molar-refractivity contribution in [1.82, 2.24) is 4.98 Å². The molecule has 0 saturated carbocycles. The minimum Gasteiger partial charge on any atom is -0.417 e. The Morgan fingerprint density at radius 3 is 1.51 bits per heavy atom. The van der Waals surface area contributed by atoms with E-state index in [-0.39, 0.29) is 12.7 Å². The van der Waals surface area contributed by atoms with Crippen LogP contribution in [0.5, 0.6) is 6.08 Å². The van der Waals surface area contributed by atoms with Gasteiger partial charge in [0.25, 0.3) is 0 Å². The quantitative estimate of drug-likeness (QED) is 0.110. The molecule has 8 heteroatoms. The molecule has 1 aliphatic heterocycles. The summed E-state index contributed by atoms with van der Waals surface area (Å²) in [7, 11) is 0. The predicted molar refractivity (Wildman–Crippen MR) is 184 cm³/mol. The maximum atomic E-state index is 6.78. The van der Waals surface area contributed by atoms with E-state index < -0.39 is 30.7 Å². The molecule has 0 N–H and O–H groups in total. The van der Waals surface area contributed by atoms with Crippen LogP contribution in [0.3, 0.4) is 0 Å². The lowest BCUT2D eigenvalue weighted by molar-refractivity contribution is -0.312. The number of aromatic nitrogens is 1. The molecule has 8 nitrogen and oxygen atoms in total. The molecule has 0 aliphatic carbocycles. The van der Waals surface area contributed by atoms with Gasteiger partial charge in [-0.3, -0.25) is 0 Å². The summed E-state index contributed by atoms with van der Waals surface area (Å²) in [5.41, 5.74) is 5.39. The molecule has 0 spiro atoms. The first-order valence-electron chi connectivity index (χ1n) is 16.5. The highest BCUT2D eigenvalue weighted by Gasteiger charge is 2.50. The average Bonchev–Trinajstić information content (AvgIpc) is 3.57. The fraction of sp³-hybridized carbons (Fsp3) is 0.244. The summed E-state index contributed by atoms with van der Waals surface area (Å²) in [5.74, 6) is 0. The molecular weight excluding hydrogens is 618 g/mol. The molecule has 1 saturated heterocycles. The number of ether oxygens (including phenoxy) is 6. The number of hydrogen-bond donors (Lipinski definition) is 0. The number of oxazole rings is 1. The van der Waals surface area contributed by atoms with Gasteiger partial charge >= 0.3 is 6.08 Å². The maximum Gasteiger partial charge on any atom is 0.397 e. The van der Waals surface area contributed by atoms with Crippen LogP contribution in [-0.2, 0) is 50.1 Å². The average molecular weight is 658 g/mol. The zero-order valence-corrected chi connectivity index (χ0v) is 27.1. The molecule has 0 bridgehead atoms. The molecule has 5 aromatic carbocycles. The third kappa shape index (κ3) is 8.80. The van der Waals surface area contributed by atoms with Gasteiger partial charge in [-0.25, -0.2) is 0 Å². The minimum atomic E-state index is -0.959. The Labute approximate surface area is 286 Å². The first-order chi connectivity index (χ1) is 24.3.